The lowest BCUT2D eigenvalue weighted by Gasteiger charge is -1.98. The van der Waals surface area contributed by atoms with Gasteiger partial charge in [-0.05, 0) is 19.1 Å². The lowest BCUT2D eigenvalue weighted by molar-refractivity contribution is 0.0945. The third kappa shape index (κ3) is 3.04. The third-order valence-corrected chi connectivity index (χ3v) is 3.75. The Morgan fingerprint density at radius 2 is 2.23 bits per heavy atom. The summed E-state index contributed by atoms with van der Waals surface area (Å²) in [6.45, 7) is 2.02. The number of nitrogens with one attached hydrogen (secondary N) is 1. The van der Waals surface area contributed by atoms with E-state index in [4.69, 9.17) is 4.52 Å². The number of carbonyl (C=O) groups excluding carboxylic acids is 1. The second-order valence-electron chi connectivity index (χ2n) is 4.60. The van der Waals surface area contributed by atoms with E-state index in [0.29, 0.717) is 22.7 Å². The van der Waals surface area contributed by atoms with Crippen LogP contribution in [0, 0.1) is 12.7 Å². The van der Waals surface area contributed by atoms with E-state index >= 15 is 0 Å². The third-order valence-electron chi connectivity index (χ3n) is 2.98. The minimum atomic E-state index is -0.382. The first-order valence-corrected chi connectivity index (χ1v) is 7.42. The number of aryl methyl sites for hydroxylation is 1. The number of halogens is 1. The van der Waals surface area contributed by atoms with Crippen LogP contribution in [0.25, 0.3) is 11.3 Å². The maximum atomic E-state index is 13.7. The van der Waals surface area contributed by atoms with Gasteiger partial charge in [-0.3, -0.25) is 4.79 Å². The lowest BCUT2D eigenvalue weighted by Crippen LogP contribution is -2.23. The largest absolute Gasteiger partial charge is 0.356 e. The van der Waals surface area contributed by atoms with Crippen LogP contribution in [0.3, 0.4) is 0 Å². The van der Waals surface area contributed by atoms with Gasteiger partial charge in [0.25, 0.3) is 5.91 Å². The molecule has 0 spiro atoms. The summed E-state index contributed by atoms with van der Waals surface area (Å²) in [7, 11) is 0. The Balaban J connectivity index is 1.67. The summed E-state index contributed by atoms with van der Waals surface area (Å²) in [6.07, 6.45) is 0. The van der Waals surface area contributed by atoms with E-state index in [0.717, 1.165) is 5.01 Å². The van der Waals surface area contributed by atoms with Crippen molar-refractivity contribution in [1.82, 2.24) is 15.5 Å². The average Bonchev–Trinajstić information content (AvgIpc) is 3.14. The summed E-state index contributed by atoms with van der Waals surface area (Å²) >= 11 is 1.41. The van der Waals surface area contributed by atoms with Gasteiger partial charge in [-0.2, -0.15) is 0 Å². The van der Waals surface area contributed by atoms with Crippen molar-refractivity contribution in [2.24, 2.45) is 0 Å². The average molecular weight is 317 g/mol. The molecule has 0 unspecified atom stereocenters. The van der Waals surface area contributed by atoms with Crippen LogP contribution in [-0.2, 0) is 6.54 Å². The van der Waals surface area contributed by atoms with Gasteiger partial charge in [0.15, 0.2) is 5.76 Å². The molecule has 2 aromatic heterocycles. The van der Waals surface area contributed by atoms with E-state index < -0.39 is 0 Å². The zero-order valence-electron chi connectivity index (χ0n) is 11.7. The molecule has 112 valence electrons. The van der Waals surface area contributed by atoms with Gasteiger partial charge < -0.3 is 9.84 Å². The summed E-state index contributed by atoms with van der Waals surface area (Å²) in [5, 5.41) is 9.05. The number of carbonyl (C=O) groups is 1. The minimum absolute atomic E-state index is 0.188. The summed E-state index contributed by atoms with van der Waals surface area (Å²) in [6, 6.07) is 7.88. The Morgan fingerprint density at radius 3 is 2.95 bits per heavy atom. The van der Waals surface area contributed by atoms with Gasteiger partial charge in [0.05, 0.1) is 17.1 Å². The number of nitrogens with zero attached hydrogens (tertiary/aromatic N) is 2. The molecular weight excluding hydrogens is 305 g/mol. The maximum absolute atomic E-state index is 13.7. The molecular formula is C15H12FN3O2S. The molecule has 1 N–H and O–H groups in total. The van der Waals surface area contributed by atoms with Crippen molar-refractivity contribution in [3.8, 4) is 11.3 Å². The normalized spacial score (nSPS) is 10.6. The lowest BCUT2D eigenvalue weighted by atomic mass is 10.1. The van der Waals surface area contributed by atoms with Crippen LogP contribution < -0.4 is 5.32 Å². The van der Waals surface area contributed by atoms with Gasteiger partial charge in [0, 0.05) is 11.4 Å². The van der Waals surface area contributed by atoms with E-state index in [1.54, 1.807) is 29.6 Å². The van der Waals surface area contributed by atoms with Crippen molar-refractivity contribution in [2.45, 2.75) is 13.5 Å². The molecule has 7 heteroatoms. The highest BCUT2D eigenvalue weighted by molar-refractivity contribution is 7.09. The molecule has 5 nitrogen and oxygen atoms in total. The molecule has 0 atom stereocenters. The first-order valence-electron chi connectivity index (χ1n) is 6.54. The molecule has 1 amide bonds. The summed E-state index contributed by atoms with van der Waals surface area (Å²) in [5.74, 6) is -0.334. The standard InChI is InChI=1S/C15H12FN3O2S/c1-9-18-13(8-22-9)15(20)17-7-10-6-14(21-19-10)11-4-2-3-5-12(11)16/h2-6,8H,7H2,1H3,(H,17,20). The monoisotopic (exact) mass is 317 g/mol. The number of amides is 1. The van der Waals surface area contributed by atoms with E-state index in [2.05, 4.69) is 15.5 Å². The van der Waals surface area contributed by atoms with Crippen LogP contribution in [0.5, 0.6) is 0 Å². The fraction of sp³-hybridized carbons (Fsp3) is 0.133. The molecule has 22 heavy (non-hydrogen) atoms. The predicted molar refractivity (Wildman–Crippen MR) is 79.9 cm³/mol. The van der Waals surface area contributed by atoms with Crippen molar-refractivity contribution in [3.05, 3.63) is 57.9 Å². The Bertz CT molecular complexity index is 812. The molecule has 0 aliphatic carbocycles. The number of hydrogen-bond acceptors (Lipinski definition) is 5. The fourth-order valence-electron chi connectivity index (χ4n) is 1.91. The quantitative estimate of drug-likeness (QED) is 0.802. The molecule has 0 saturated heterocycles. The first-order chi connectivity index (χ1) is 10.6. The molecule has 1 aromatic carbocycles. The number of benzene rings is 1. The van der Waals surface area contributed by atoms with Crippen LogP contribution in [0.4, 0.5) is 4.39 Å². The Hall–Kier alpha value is -2.54. The molecule has 3 rings (SSSR count). The topological polar surface area (TPSA) is 68.0 Å². The highest BCUT2D eigenvalue weighted by Crippen LogP contribution is 2.23. The van der Waals surface area contributed by atoms with Crippen LogP contribution in [0.2, 0.25) is 0 Å². The van der Waals surface area contributed by atoms with Crippen molar-refractivity contribution in [1.29, 1.82) is 0 Å². The van der Waals surface area contributed by atoms with Crippen molar-refractivity contribution in [2.75, 3.05) is 0 Å². The predicted octanol–water partition coefficient (Wildman–Crippen LogP) is 3.18. The Labute approximate surface area is 129 Å². The Morgan fingerprint density at radius 1 is 1.41 bits per heavy atom. The molecule has 0 fully saturated rings. The molecule has 0 aliphatic heterocycles. The fourth-order valence-corrected chi connectivity index (χ4v) is 2.51. The van der Waals surface area contributed by atoms with Crippen LogP contribution in [0.15, 0.2) is 40.2 Å². The number of aromatic nitrogens is 2. The second kappa shape index (κ2) is 6.07. The van der Waals surface area contributed by atoms with Gasteiger partial charge in [-0.1, -0.05) is 17.3 Å². The molecule has 0 saturated carbocycles. The summed E-state index contributed by atoms with van der Waals surface area (Å²) in [5.41, 5.74) is 1.22. The van der Waals surface area contributed by atoms with Crippen LogP contribution >= 0.6 is 11.3 Å². The van der Waals surface area contributed by atoms with Crippen LogP contribution in [-0.4, -0.2) is 16.0 Å². The van der Waals surface area contributed by atoms with Gasteiger partial charge in [0.2, 0.25) is 0 Å². The minimum Gasteiger partial charge on any atom is -0.356 e. The second-order valence-corrected chi connectivity index (χ2v) is 5.66. The van der Waals surface area contributed by atoms with E-state index in [1.165, 1.54) is 17.4 Å². The van der Waals surface area contributed by atoms with E-state index in [9.17, 15) is 9.18 Å². The molecule has 0 radical (unpaired) electrons. The number of rotatable bonds is 4. The van der Waals surface area contributed by atoms with Crippen molar-refractivity contribution < 1.29 is 13.7 Å². The SMILES string of the molecule is Cc1nc(C(=O)NCc2cc(-c3ccccc3F)on2)cs1. The highest BCUT2D eigenvalue weighted by atomic mass is 32.1. The van der Waals surface area contributed by atoms with Gasteiger partial charge >= 0.3 is 0 Å². The molecule has 0 aliphatic rings. The van der Waals surface area contributed by atoms with Gasteiger partial charge in [-0.25, -0.2) is 9.37 Å². The molecule has 2 heterocycles. The van der Waals surface area contributed by atoms with E-state index in [1.807, 2.05) is 6.92 Å². The maximum Gasteiger partial charge on any atom is 0.271 e. The molecule has 3 aromatic rings. The van der Waals surface area contributed by atoms with Crippen molar-refractivity contribution in [3.63, 3.8) is 0 Å². The van der Waals surface area contributed by atoms with Crippen molar-refractivity contribution >= 4 is 17.2 Å². The zero-order valence-corrected chi connectivity index (χ0v) is 12.5. The number of thiazole rings is 1. The summed E-state index contributed by atoms with van der Waals surface area (Å²) in [4.78, 5) is 16.0. The first kappa shape index (κ1) is 14.4. The zero-order chi connectivity index (χ0) is 15.5. The molecule has 0 bridgehead atoms. The summed E-state index contributed by atoms with van der Waals surface area (Å²) < 4.78 is 18.8. The van der Waals surface area contributed by atoms with Gasteiger partial charge in [-0.15, -0.1) is 11.3 Å². The smallest absolute Gasteiger partial charge is 0.271 e. The Kier molecular flexibility index (Phi) is 3.97. The van der Waals surface area contributed by atoms with E-state index in [-0.39, 0.29) is 18.3 Å². The van der Waals surface area contributed by atoms with Gasteiger partial charge in [0.1, 0.15) is 17.2 Å². The number of hydrogen-bond donors (Lipinski definition) is 1. The van der Waals surface area contributed by atoms with Crippen LogP contribution in [0.1, 0.15) is 21.2 Å². The highest BCUT2D eigenvalue weighted by Gasteiger charge is 2.13.